The van der Waals surface area contributed by atoms with E-state index in [1.807, 2.05) is 30.3 Å². The minimum Gasteiger partial charge on any atom is -0.369 e. The molecule has 2 aliphatic rings. The van der Waals surface area contributed by atoms with Crippen LogP contribution >= 0.6 is 0 Å². The van der Waals surface area contributed by atoms with E-state index in [0.29, 0.717) is 13.1 Å². The lowest BCUT2D eigenvalue weighted by Crippen LogP contribution is -2.44. The summed E-state index contributed by atoms with van der Waals surface area (Å²) in [6.07, 6.45) is 8.55. The van der Waals surface area contributed by atoms with Gasteiger partial charge in [0, 0.05) is 25.7 Å². The third-order valence-electron chi connectivity index (χ3n) is 6.59. The maximum atomic E-state index is 12.7. The van der Waals surface area contributed by atoms with Crippen molar-refractivity contribution in [3.63, 3.8) is 0 Å². The molecule has 4 rings (SSSR count). The van der Waals surface area contributed by atoms with Crippen LogP contribution in [0, 0.1) is 5.92 Å². The van der Waals surface area contributed by atoms with Gasteiger partial charge < -0.3 is 15.1 Å². The number of piperidine rings is 2. The van der Waals surface area contributed by atoms with E-state index in [2.05, 4.69) is 20.2 Å². The summed E-state index contributed by atoms with van der Waals surface area (Å²) in [7, 11) is 0. The van der Waals surface area contributed by atoms with E-state index in [4.69, 9.17) is 0 Å². The predicted molar refractivity (Wildman–Crippen MR) is 127 cm³/mol. The Balaban J connectivity index is 1.27. The summed E-state index contributed by atoms with van der Waals surface area (Å²) < 4.78 is 1.48. The minimum atomic E-state index is -0.115. The zero-order chi connectivity index (χ0) is 22.2. The summed E-state index contributed by atoms with van der Waals surface area (Å²) >= 11 is 0. The molecule has 7 nitrogen and oxygen atoms in total. The van der Waals surface area contributed by atoms with Crippen molar-refractivity contribution >= 4 is 11.6 Å². The fraction of sp³-hybridized carbons (Fsp3) is 0.560. The van der Waals surface area contributed by atoms with Crippen LogP contribution in [0.25, 0.3) is 0 Å². The van der Waals surface area contributed by atoms with E-state index in [9.17, 15) is 9.59 Å². The predicted octanol–water partition coefficient (Wildman–Crippen LogP) is 2.50. The van der Waals surface area contributed by atoms with E-state index in [-0.39, 0.29) is 17.4 Å². The maximum absolute atomic E-state index is 12.7. The lowest BCUT2D eigenvalue weighted by molar-refractivity contribution is -0.125. The molecule has 1 amide bonds. The molecule has 172 valence electrons. The summed E-state index contributed by atoms with van der Waals surface area (Å²) in [6, 6.07) is 11.5. The zero-order valence-electron chi connectivity index (χ0n) is 18.9. The molecular formula is C25H35N5O2. The first-order valence-corrected chi connectivity index (χ1v) is 12.1. The molecule has 2 aromatic rings. The Morgan fingerprint density at radius 2 is 1.88 bits per heavy atom. The van der Waals surface area contributed by atoms with Gasteiger partial charge in [0.05, 0.1) is 24.3 Å². The van der Waals surface area contributed by atoms with Gasteiger partial charge in [-0.1, -0.05) is 36.8 Å². The van der Waals surface area contributed by atoms with Crippen molar-refractivity contribution in [1.29, 1.82) is 0 Å². The number of aromatic nitrogens is 2. The van der Waals surface area contributed by atoms with Crippen LogP contribution in [0.4, 0.5) is 5.69 Å². The summed E-state index contributed by atoms with van der Waals surface area (Å²) in [5, 5.41) is 7.52. The molecule has 0 radical (unpaired) electrons. The molecule has 2 aliphatic heterocycles. The number of rotatable bonds is 8. The molecule has 3 heterocycles. The van der Waals surface area contributed by atoms with Gasteiger partial charge in [0.15, 0.2) is 0 Å². The van der Waals surface area contributed by atoms with Crippen LogP contribution in [0.2, 0.25) is 0 Å². The standard InChI is InChI=1S/C25H35N5O2/c31-24-17-23(18-27-30(24)19-21-9-3-1-4-10-21)29-16-7-11-22(20-29)25(32)26-12-8-15-28-13-5-2-6-14-28/h1,3-4,9-10,17-18,22H,2,5-8,11-16,19-20H2,(H,26,32). The fourth-order valence-electron chi connectivity index (χ4n) is 4.74. The molecule has 32 heavy (non-hydrogen) atoms. The van der Waals surface area contributed by atoms with Crippen LogP contribution in [-0.2, 0) is 11.3 Å². The highest BCUT2D eigenvalue weighted by atomic mass is 16.2. The van der Waals surface area contributed by atoms with Gasteiger partial charge in [-0.25, -0.2) is 4.68 Å². The summed E-state index contributed by atoms with van der Waals surface area (Å²) in [5.74, 6) is 0.101. The van der Waals surface area contributed by atoms with Crippen molar-refractivity contribution < 1.29 is 4.79 Å². The Bertz CT molecular complexity index is 923. The van der Waals surface area contributed by atoms with Gasteiger partial charge in [-0.3, -0.25) is 9.59 Å². The highest BCUT2D eigenvalue weighted by Gasteiger charge is 2.26. The molecule has 1 aromatic carbocycles. The smallest absolute Gasteiger partial charge is 0.269 e. The summed E-state index contributed by atoms with van der Waals surface area (Å²) in [6.45, 7) is 6.16. The molecule has 2 fully saturated rings. The van der Waals surface area contributed by atoms with Gasteiger partial charge in [0.2, 0.25) is 5.91 Å². The van der Waals surface area contributed by atoms with Crippen LogP contribution in [0.15, 0.2) is 47.4 Å². The molecule has 1 aromatic heterocycles. The van der Waals surface area contributed by atoms with Gasteiger partial charge in [-0.2, -0.15) is 5.10 Å². The Labute approximate surface area is 190 Å². The van der Waals surface area contributed by atoms with Crippen molar-refractivity contribution in [1.82, 2.24) is 20.0 Å². The lowest BCUT2D eigenvalue weighted by atomic mass is 9.97. The number of nitrogens with zero attached hydrogens (tertiary/aromatic N) is 4. The molecule has 1 unspecified atom stereocenters. The number of nitrogens with one attached hydrogen (secondary N) is 1. The van der Waals surface area contributed by atoms with Gasteiger partial charge >= 0.3 is 0 Å². The zero-order valence-corrected chi connectivity index (χ0v) is 18.9. The van der Waals surface area contributed by atoms with E-state index in [1.165, 1.54) is 37.0 Å². The maximum Gasteiger partial charge on any atom is 0.269 e. The average molecular weight is 438 g/mol. The second-order valence-electron chi connectivity index (χ2n) is 9.03. The largest absolute Gasteiger partial charge is 0.369 e. The highest BCUT2D eigenvalue weighted by Crippen LogP contribution is 2.22. The second-order valence-corrected chi connectivity index (χ2v) is 9.03. The number of likely N-dealkylation sites (tertiary alicyclic amines) is 1. The quantitative estimate of drug-likeness (QED) is 0.643. The molecule has 2 saturated heterocycles. The number of benzene rings is 1. The first-order valence-electron chi connectivity index (χ1n) is 12.1. The molecule has 0 aliphatic carbocycles. The monoisotopic (exact) mass is 437 g/mol. The van der Waals surface area contributed by atoms with E-state index in [1.54, 1.807) is 12.3 Å². The highest BCUT2D eigenvalue weighted by molar-refractivity contribution is 5.79. The van der Waals surface area contributed by atoms with Crippen molar-refractivity contribution in [2.24, 2.45) is 5.92 Å². The van der Waals surface area contributed by atoms with Crippen LogP contribution in [0.5, 0.6) is 0 Å². The average Bonchev–Trinajstić information content (AvgIpc) is 2.84. The lowest BCUT2D eigenvalue weighted by Gasteiger charge is -2.33. The van der Waals surface area contributed by atoms with Crippen LogP contribution in [0.3, 0.4) is 0 Å². The number of hydrogen-bond donors (Lipinski definition) is 1. The molecular weight excluding hydrogens is 402 g/mol. The molecule has 0 spiro atoms. The van der Waals surface area contributed by atoms with Crippen LogP contribution in [0.1, 0.15) is 44.1 Å². The van der Waals surface area contributed by atoms with Gasteiger partial charge in [-0.05, 0) is 57.3 Å². The van der Waals surface area contributed by atoms with E-state index < -0.39 is 0 Å². The normalized spacial score (nSPS) is 19.6. The minimum absolute atomic E-state index is 0.0366. The number of carbonyl (C=O) groups is 1. The molecule has 1 N–H and O–H groups in total. The number of hydrogen-bond acceptors (Lipinski definition) is 5. The third-order valence-corrected chi connectivity index (χ3v) is 6.59. The van der Waals surface area contributed by atoms with Crippen molar-refractivity contribution in [2.45, 2.75) is 45.1 Å². The Hall–Kier alpha value is -2.67. The van der Waals surface area contributed by atoms with E-state index >= 15 is 0 Å². The molecule has 1 atom stereocenters. The summed E-state index contributed by atoms with van der Waals surface area (Å²) in [5.41, 5.74) is 1.74. The number of carbonyl (C=O) groups excluding carboxylic acids is 1. The Morgan fingerprint density at radius 3 is 2.66 bits per heavy atom. The topological polar surface area (TPSA) is 70.5 Å². The van der Waals surface area contributed by atoms with Crippen LogP contribution < -0.4 is 15.8 Å². The molecule has 0 saturated carbocycles. The fourth-order valence-corrected chi connectivity index (χ4v) is 4.74. The molecule has 7 heteroatoms. The molecule has 0 bridgehead atoms. The first-order chi connectivity index (χ1) is 15.7. The van der Waals surface area contributed by atoms with Gasteiger partial charge in [0.1, 0.15) is 0 Å². The van der Waals surface area contributed by atoms with Crippen molar-refractivity contribution in [2.75, 3.05) is 44.2 Å². The summed E-state index contributed by atoms with van der Waals surface area (Å²) in [4.78, 5) is 29.9. The second kappa shape index (κ2) is 11.3. The SMILES string of the molecule is O=C(NCCCN1CCCCC1)C1CCCN(c2cnn(Cc3ccccc3)c(=O)c2)C1. The Kier molecular flexibility index (Phi) is 7.93. The number of anilines is 1. The van der Waals surface area contributed by atoms with Crippen molar-refractivity contribution in [3.8, 4) is 0 Å². The Morgan fingerprint density at radius 1 is 1.06 bits per heavy atom. The van der Waals surface area contributed by atoms with Gasteiger partial charge in [0.25, 0.3) is 5.56 Å². The number of amides is 1. The van der Waals surface area contributed by atoms with Gasteiger partial charge in [-0.15, -0.1) is 0 Å². The third kappa shape index (κ3) is 6.19. The van der Waals surface area contributed by atoms with Crippen LogP contribution in [-0.4, -0.2) is 59.9 Å². The van der Waals surface area contributed by atoms with Crippen molar-refractivity contribution in [3.05, 3.63) is 58.5 Å². The van der Waals surface area contributed by atoms with E-state index in [0.717, 1.165) is 50.1 Å². The first kappa shape index (κ1) is 22.5.